The minimum absolute atomic E-state index is 0.0181. The van der Waals surface area contributed by atoms with Gasteiger partial charge in [-0.1, -0.05) is 0 Å². The van der Waals surface area contributed by atoms with E-state index in [1.165, 1.54) is 6.92 Å². The molecule has 0 bridgehead atoms. The molecule has 0 rings (SSSR count). The first-order valence-corrected chi connectivity index (χ1v) is 6.52. The second kappa shape index (κ2) is 11.9. The van der Waals surface area contributed by atoms with E-state index in [1.807, 2.05) is 0 Å². The third-order valence-corrected chi connectivity index (χ3v) is 2.37. The highest BCUT2D eigenvalue weighted by Gasteiger charge is 2.18. The van der Waals surface area contributed by atoms with Gasteiger partial charge in [-0.3, -0.25) is 19.2 Å². The molecular weight excluding hydrogens is 312 g/mol. The Kier molecular flexibility index (Phi) is 11.7. The Morgan fingerprint density at radius 3 is 1.65 bits per heavy atom. The van der Waals surface area contributed by atoms with Crippen LogP contribution in [0.15, 0.2) is 0 Å². The van der Waals surface area contributed by atoms with E-state index in [-0.39, 0.29) is 25.7 Å². The second-order valence-corrected chi connectivity index (χ2v) is 4.55. The monoisotopic (exact) mass is 334 g/mol. The van der Waals surface area contributed by atoms with Crippen LogP contribution in [0.4, 0.5) is 0 Å². The zero-order valence-electron chi connectivity index (χ0n) is 12.7. The third kappa shape index (κ3) is 15.5. The van der Waals surface area contributed by atoms with Crippen molar-refractivity contribution in [2.75, 3.05) is 0 Å². The normalized spacial score (nSPS) is 12.1. The smallest absolute Gasteiger partial charge is 0.326 e. The van der Waals surface area contributed by atoms with Gasteiger partial charge in [0.05, 0.1) is 0 Å². The number of hydrogen-bond acceptors (Lipinski definition) is 6. The van der Waals surface area contributed by atoms with Crippen molar-refractivity contribution in [2.24, 2.45) is 17.2 Å². The molecule has 132 valence electrons. The summed E-state index contributed by atoms with van der Waals surface area (Å²) in [4.78, 5) is 51.5. The van der Waals surface area contributed by atoms with Gasteiger partial charge in [0.25, 0.3) is 0 Å². The summed E-state index contributed by atoms with van der Waals surface area (Å²) in [6.07, 6.45) is 0.0830. The Hall–Kier alpha value is -2.69. The van der Waals surface area contributed by atoms with Crippen LogP contribution >= 0.6 is 0 Å². The van der Waals surface area contributed by atoms with Gasteiger partial charge in [0.1, 0.15) is 12.1 Å². The van der Waals surface area contributed by atoms with Crippen molar-refractivity contribution < 1.29 is 34.2 Å². The molecule has 0 aliphatic rings. The SMILES string of the molecule is CC(=O)NC(CCC(N)=O)C(=O)O.NC(=O)CCC(N)C(=O)O. The van der Waals surface area contributed by atoms with E-state index >= 15 is 0 Å². The number of carbonyl (C=O) groups is 5. The van der Waals surface area contributed by atoms with Gasteiger partial charge in [0, 0.05) is 19.8 Å². The number of carboxylic acids is 2. The molecule has 9 N–H and O–H groups in total. The molecule has 0 saturated carbocycles. The molecule has 2 atom stereocenters. The maximum absolute atomic E-state index is 10.5. The van der Waals surface area contributed by atoms with E-state index in [9.17, 15) is 24.0 Å². The summed E-state index contributed by atoms with van der Waals surface area (Å²) in [7, 11) is 0. The number of primary amides is 2. The topological polar surface area (TPSA) is 216 Å². The Balaban J connectivity index is 0. The van der Waals surface area contributed by atoms with E-state index in [4.69, 9.17) is 27.4 Å². The summed E-state index contributed by atoms with van der Waals surface area (Å²) >= 11 is 0. The van der Waals surface area contributed by atoms with Crippen LogP contribution in [0.5, 0.6) is 0 Å². The average Bonchev–Trinajstić information content (AvgIpc) is 2.40. The number of nitrogens with one attached hydrogen (secondary N) is 1. The first-order valence-electron chi connectivity index (χ1n) is 6.52. The molecule has 0 heterocycles. The van der Waals surface area contributed by atoms with E-state index in [0.29, 0.717) is 0 Å². The third-order valence-electron chi connectivity index (χ3n) is 2.37. The first-order chi connectivity index (χ1) is 10.5. The van der Waals surface area contributed by atoms with E-state index < -0.39 is 41.7 Å². The molecule has 23 heavy (non-hydrogen) atoms. The molecule has 0 aliphatic carbocycles. The van der Waals surface area contributed by atoms with Crippen molar-refractivity contribution in [3.05, 3.63) is 0 Å². The number of hydrogen-bond donors (Lipinski definition) is 6. The maximum atomic E-state index is 10.5. The van der Waals surface area contributed by atoms with E-state index in [2.05, 4.69) is 5.32 Å². The van der Waals surface area contributed by atoms with Gasteiger partial charge in [-0.05, 0) is 12.8 Å². The average molecular weight is 334 g/mol. The molecule has 0 aromatic rings. The van der Waals surface area contributed by atoms with Crippen LogP contribution in [0.3, 0.4) is 0 Å². The number of carboxylic acid groups (broad SMARTS) is 2. The second-order valence-electron chi connectivity index (χ2n) is 4.55. The molecule has 0 aromatic carbocycles. The fourth-order valence-corrected chi connectivity index (χ4v) is 1.21. The largest absolute Gasteiger partial charge is 0.480 e. The van der Waals surface area contributed by atoms with Gasteiger partial charge in [0.2, 0.25) is 17.7 Å². The summed E-state index contributed by atoms with van der Waals surface area (Å²) in [6.45, 7) is 1.21. The highest BCUT2D eigenvalue weighted by atomic mass is 16.4. The van der Waals surface area contributed by atoms with Crippen molar-refractivity contribution in [3.63, 3.8) is 0 Å². The van der Waals surface area contributed by atoms with Gasteiger partial charge < -0.3 is 32.7 Å². The Labute approximate surface area is 132 Å². The van der Waals surface area contributed by atoms with Crippen molar-refractivity contribution in [3.8, 4) is 0 Å². The number of nitrogens with two attached hydrogens (primary N) is 3. The Morgan fingerprint density at radius 2 is 1.35 bits per heavy atom. The standard InChI is InChI=1S/C7H12N2O4.C5H10N2O3/c1-4(10)9-5(7(12)13)2-3-6(8)11;6-3(5(9)10)1-2-4(7)8/h5H,2-3H2,1H3,(H2,8,11)(H,9,10)(H,12,13);3H,1-2,6H2,(H2,7,8)(H,9,10). The summed E-state index contributed by atoms with van der Waals surface area (Å²) in [5.41, 5.74) is 14.6. The summed E-state index contributed by atoms with van der Waals surface area (Å²) < 4.78 is 0. The van der Waals surface area contributed by atoms with Crippen LogP contribution in [-0.4, -0.2) is 52.0 Å². The molecule has 0 aromatic heterocycles. The molecule has 0 aliphatic heterocycles. The fourth-order valence-electron chi connectivity index (χ4n) is 1.21. The molecule has 0 fully saturated rings. The van der Waals surface area contributed by atoms with Crippen LogP contribution in [-0.2, 0) is 24.0 Å². The van der Waals surface area contributed by atoms with Gasteiger partial charge >= 0.3 is 11.9 Å². The van der Waals surface area contributed by atoms with Crippen LogP contribution in [0.2, 0.25) is 0 Å². The molecule has 11 heteroatoms. The lowest BCUT2D eigenvalue weighted by molar-refractivity contribution is -0.142. The molecule has 11 nitrogen and oxygen atoms in total. The lowest BCUT2D eigenvalue weighted by atomic mass is 10.1. The van der Waals surface area contributed by atoms with E-state index in [1.54, 1.807) is 0 Å². The first kappa shape index (κ1) is 22.6. The fraction of sp³-hybridized carbons (Fsp3) is 0.583. The minimum Gasteiger partial charge on any atom is -0.480 e. The highest BCUT2D eigenvalue weighted by molar-refractivity contribution is 5.83. The van der Waals surface area contributed by atoms with Crippen LogP contribution < -0.4 is 22.5 Å². The number of rotatable bonds is 9. The number of amides is 3. The zero-order chi connectivity index (χ0) is 18.6. The van der Waals surface area contributed by atoms with Crippen LogP contribution in [0.1, 0.15) is 32.6 Å². The molecule has 2 unspecified atom stereocenters. The van der Waals surface area contributed by atoms with Gasteiger partial charge in [0.15, 0.2) is 0 Å². The number of carbonyl (C=O) groups excluding carboxylic acids is 3. The molecular formula is C12H22N4O7. The predicted molar refractivity (Wildman–Crippen MR) is 77.7 cm³/mol. The Morgan fingerprint density at radius 1 is 0.913 bits per heavy atom. The summed E-state index contributed by atoms with van der Waals surface area (Å²) in [6, 6.07) is -2.02. The van der Waals surface area contributed by atoms with E-state index in [0.717, 1.165) is 0 Å². The highest BCUT2D eigenvalue weighted by Crippen LogP contribution is 1.96. The zero-order valence-corrected chi connectivity index (χ0v) is 12.7. The molecule has 0 spiro atoms. The quantitative estimate of drug-likeness (QED) is 0.264. The van der Waals surface area contributed by atoms with Crippen molar-refractivity contribution in [1.29, 1.82) is 0 Å². The van der Waals surface area contributed by atoms with Crippen LogP contribution in [0, 0.1) is 0 Å². The summed E-state index contributed by atoms with van der Waals surface area (Å²) in [5, 5.41) is 19.0. The minimum atomic E-state index is -1.17. The lowest BCUT2D eigenvalue weighted by Gasteiger charge is -2.11. The summed E-state index contributed by atoms with van der Waals surface area (Å²) in [5.74, 6) is -3.84. The molecule has 0 saturated heterocycles. The predicted octanol–water partition coefficient (Wildman–Crippen LogP) is -2.49. The molecule has 3 amide bonds. The van der Waals surface area contributed by atoms with Gasteiger partial charge in [-0.2, -0.15) is 0 Å². The van der Waals surface area contributed by atoms with Crippen molar-refractivity contribution in [1.82, 2.24) is 5.32 Å². The van der Waals surface area contributed by atoms with Gasteiger partial charge in [-0.25, -0.2) is 4.79 Å². The van der Waals surface area contributed by atoms with Crippen molar-refractivity contribution in [2.45, 2.75) is 44.7 Å². The Bertz CT molecular complexity index is 453. The van der Waals surface area contributed by atoms with Gasteiger partial charge in [-0.15, -0.1) is 0 Å². The van der Waals surface area contributed by atoms with Crippen molar-refractivity contribution >= 4 is 29.7 Å². The van der Waals surface area contributed by atoms with Crippen LogP contribution in [0.25, 0.3) is 0 Å². The molecule has 0 radical (unpaired) electrons. The lowest BCUT2D eigenvalue weighted by Crippen LogP contribution is -2.40. The number of aliphatic carboxylic acids is 2. The maximum Gasteiger partial charge on any atom is 0.326 e.